The van der Waals surface area contributed by atoms with Crippen LogP contribution < -0.4 is 15.4 Å². The van der Waals surface area contributed by atoms with Gasteiger partial charge in [-0.2, -0.15) is 0 Å². The number of carbonyl (C=O) groups is 2. The van der Waals surface area contributed by atoms with Crippen LogP contribution >= 0.6 is 0 Å². The Balaban J connectivity index is 1.78. The Hall–Kier alpha value is -2.71. The number of hydrogen-bond acceptors (Lipinski definition) is 4. The minimum Gasteiger partial charge on any atom is -0.350 e. The molecule has 3 N–H and O–H groups in total. The molecule has 0 radical (unpaired) electrons. The standard InChI is InChI=1S/C20H25N3O4S/c1-14-8-9-18(10-16(14)3)28(26,27)23-13-20(25)22-12-19(24)21-11-17-7-5-4-6-15(17)2/h4-10,23H,11-13H2,1-3H3,(H,21,24)(H,22,25). The van der Waals surface area contributed by atoms with Gasteiger partial charge in [0.2, 0.25) is 21.8 Å². The number of aryl methyl sites for hydroxylation is 3. The van der Waals surface area contributed by atoms with Gasteiger partial charge in [0.25, 0.3) is 0 Å². The largest absolute Gasteiger partial charge is 0.350 e. The molecular formula is C20H25N3O4S. The minimum absolute atomic E-state index is 0.0966. The summed E-state index contributed by atoms with van der Waals surface area (Å²) >= 11 is 0. The monoisotopic (exact) mass is 403 g/mol. The second kappa shape index (κ2) is 9.48. The lowest BCUT2D eigenvalue weighted by Gasteiger charge is -2.10. The Kier molecular flexibility index (Phi) is 7.31. The van der Waals surface area contributed by atoms with Gasteiger partial charge in [0.05, 0.1) is 18.0 Å². The van der Waals surface area contributed by atoms with E-state index in [1.54, 1.807) is 12.1 Å². The summed E-state index contributed by atoms with van der Waals surface area (Å²) in [6, 6.07) is 12.4. The summed E-state index contributed by atoms with van der Waals surface area (Å²) in [5.41, 5.74) is 3.88. The van der Waals surface area contributed by atoms with Gasteiger partial charge in [-0.05, 0) is 55.2 Å². The highest BCUT2D eigenvalue weighted by Gasteiger charge is 2.16. The molecule has 7 nitrogen and oxygen atoms in total. The molecule has 0 aliphatic carbocycles. The van der Waals surface area contributed by atoms with E-state index < -0.39 is 22.5 Å². The predicted octanol–water partition coefficient (Wildman–Crippen LogP) is 1.32. The molecule has 2 amide bonds. The van der Waals surface area contributed by atoms with Gasteiger partial charge >= 0.3 is 0 Å². The molecule has 150 valence electrons. The molecule has 0 bridgehead atoms. The van der Waals surface area contributed by atoms with Gasteiger partial charge in [-0.1, -0.05) is 30.3 Å². The first-order valence-electron chi connectivity index (χ1n) is 8.84. The van der Waals surface area contributed by atoms with Crippen molar-refractivity contribution in [3.63, 3.8) is 0 Å². The lowest BCUT2D eigenvalue weighted by atomic mass is 10.1. The first kappa shape index (κ1) is 21.6. The van der Waals surface area contributed by atoms with Gasteiger partial charge in [0.1, 0.15) is 0 Å². The second-order valence-electron chi connectivity index (χ2n) is 6.55. The van der Waals surface area contributed by atoms with E-state index in [0.717, 1.165) is 22.3 Å². The van der Waals surface area contributed by atoms with E-state index in [4.69, 9.17) is 0 Å². The number of sulfonamides is 1. The van der Waals surface area contributed by atoms with Crippen molar-refractivity contribution >= 4 is 21.8 Å². The van der Waals surface area contributed by atoms with Gasteiger partial charge in [-0.15, -0.1) is 0 Å². The number of amides is 2. The van der Waals surface area contributed by atoms with Crippen molar-refractivity contribution < 1.29 is 18.0 Å². The quantitative estimate of drug-likeness (QED) is 0.618. The van der Waals surface area contributed by atoms with Crippen molar-refractivity contribution in [2.75, 3.05) is 13.1 Å². The van der Waals surface area contributed by atoms with Crippen molar-refractivity contribution in [1.29, 1.82) is 0 Å². The average Bonchev–Trinajstić information content (AvgIpc) is 2.66. The van der Waals surface area contributed by atoms with Gasteiger partial charge < -0.3 is 10.6 Å². The summed E-state index contributed by atoms with van der Waals surface area (Å²) < 4.78 is 26.8. The zero-order valence-corrected chi connectivity index (χ0v) is 17.0. The van der Waals surface area contributed by atoms with E-state index in [0.29, 0.717) is 6.54 Å². The van der Waals surface area contributed by atoms with Crippen LogP contribution in [-0.4, -0.2) is 33.3 Å². The zero-order chi connectivity index (χ0) is 20.7. The SMILES string of the molecule is Cc1ccc(S(=O)(=O)NCC(=O)NCC(=O)NCc2ccccc2C)cc1C. The lowest BCUT2D eigenvalue weighted by molar-refractivity contribution is -0.125. The van der Waals surface area contributed by atoms with Crippen LogP contribution in [0.1, 0.15) is 22.3 Å². The topological polar surface area (TPSA) is 104 Å². The number of carbonyl (C=O) groups excluding carboxylic acids is 2. The Morgan fingerprint density at radius 3 is 2.18 bits per heavy atom. The van der Waals surface area contributed by atoms with Crippen LogP contribution in [-0.2, 0) is 26.2 Å². The summed E-state index contributed by atoms with van der Waals surface area (Å²) in [6.45, 7) is 5.34. The van der Waals surface area contributed by atoms with Crippen LogP contribution in [0.2, 0.25) is 0 Å². The molecule has 2 rings (SSSR count). The Labute approximate surface area is 165 Å². The van der Waals surface area contributed by atoms with Crippen LogP contribution in [0.15, 0.2) is 47.4 Å². The fourth-order valence-corrected chi connectivity index (χ4v) is 3.50. The second-order valence-corrected chi connectivity index (χ2v) is 8.32. The summed E-state index contributed by atoms with van der Waals surface area (Å²) in [6.07, 6.45) is 0. The fourth-order valence-electron chi connectivity index (χ4n) is 2.43. The molecule has 0 aliphatic rings. The molecule has 0 fully saturated rings. The molecule has 2 aromatic carbocycles. The molecule has 0 aliphatic heterocycles. The van der Waals surface area contributed by atoms with E-state index in [2.05, 4.69) is 15.4 Å². The van der Waals surface area contributed by atoms with Crippen molar-refractivity contribution in [2.24, 2.45) is 0 Å². The third kappa shape index (κ3) is 6.17. The maximum Gasteiger partial charge on any atom is 0.241 e. The van der Waals surface area contributed by atoms with Gasteiger partial charge in [0, 0.05) is 6.54 Å². The molecule has 8 heteroatoms. The third-order valence-corrected chi connectivity index (χ3v) is 5.79. The number of hydrogen-bond donors (Lipinski definition) is 3. The van der Waals surface area contributed by atoms with Crippen LogP contribution in [0.25, 0.3) is 0 Å². The summed E-state index contributed by atoms with van der Waals surface area (Å²) in [7, 11) is -3.80. The van der Waals surface area contributed by atoms with Gasteiger partial charge in [-0.3, -0.25) is 9.59 Å². The first-order chi connectivity index (χ1) is 13.2. The Morgan fingerprint density at radius 2 is 1.50 bits per heavy atom. The first-order valence-corrected chi connectivity index (χ1v) is 10.3. The summed E-state index contributed by atoms with van der Waals surface area (Å²) in [4.78, 5) is 23.8. The van der Waals surface area contributed by atoms with Crippen molar-refractivity contribution in [2.45, 2.75) is 32.2 Å². The van der Waals surface area contributed by atoms with Crippen molar-refractivity contribution in [3.05, 3.63) is 64.7 Å². The highest BCUT2D eigenvalue weighted by molar-refractivity contribution is 7.89. The number of rotatable bonds is 8. The number of benzene rings is 2. The molecule has 0 saturated carbocycles. The molecule has 0 heterocycles. The summed E-state index contributed by atoms with van der Waals surface area (Å²) in [5.74, 6) is -0.938. The fraction of sp³-hybridized carbons (Fsp3) is 0.300. The molecule has 0 saturated heterocycles. The van der Waals surface area contributed by atoms with Gasteiger partial charge in [-0.25, -0.2) is 13.1 Å². The van der Waals surface area contributed by atoms with Crippen LogP contribution in [0.3, 0.4) is 0 Å². The predicted molar refractivity (Wildman–Crippen MR) is 107 cm³/mol. The van der Waals surface area contributed by atoms with Crippen molar-refractivity contribution in [1.82, 2.24) is 15.4 Å². The molecule has 0 atom stereocenters. The maximum atomic E-state index is 12.3. The van der Waals surface area contributed by atoms with E-state index in [1.165, 1.54) is 6.07 Å². The molecule has 0 aromatic heterocycles. The maximum absolute atomic E-state index is 12.3. The zero-order valence-electron chi connectivity index (χ0n) is 16.2. The van der Waals surface area contributed by atoms with Crippen molar-refractivity contribution in [3.8, 4) is 0 Å². The van der Waals surface area contributed by atoms with E-state index in [1.807, 2.05) is 45.0 Å². The molecular weight excluding hydrogens is 378 g/mol. The Morgan fingerprint density at radius 1 is 0.821 bits per heavy atom. The average molecular weight is 404 g/mol. The molecule has 2 aromatic rings. The smallest absolute Gasteiger partial charge is 0.241 e. The molecule has 0 spiro atoms. The van der Waals surface area contributed by atoms with Crippen LogP contribution in [0.5, 0.6) is 0 Å². The van der Waals surface area contributed by atoms with E-state index in [-0.39, 0.29) is 17.3 Å². The number of nitrogens with one attached hydrogen (secondary N) is 3. The normalized spacial score (nSPS) is 11.1. The lowest BCUT2D eigenvalue weighted by Crippen LogP contribution is -2.41. The van der Waals surface area contributed by atoms with Crippen LogP contribution in [0.4, 0.5) is 0 Å². The Bertz CT molecular complexity index is 971. The molecule has 0 unspecified atom stereocenters. The highest BCUT2D eigenvalue weighted by atomic mass is 32.2. The van der Waals surface area contributed by atoms with E-state index in [9.17, 15) is 18.0 Å². The molecule has 28 heavy (non-hydrogen) atoms. The third-order valence-electron chi connectivity index (χ3n) is 4.39. The minimum atomic E-state index is -3.80. The van der Waals surface area contributed by atoms with Crippen LogP contribution in [0, 0.1) is 20.8 Å². The summed E-state index contributed by atoms with van der Waals surface area (Å²) in [5, 5.41) is 5.11. The highest BCUT2D eigenvalue weighted by Crippen LogP contribution is 2.14. The van der Waals surface area contributed by atoms with E-state index >= 15 is 0 Å². The van der Waals surface area contributed by atoms with Gasteiger partial charge in [0.15, 0.2) is 0 Å².